The summed E-state index contributed by atoms with van der Waals surface area (Å²) >= 11 is 0. The van der Waals surface area contributed by atoms with Crippen molar-refractivity contribution in [3.8, 4) is 0 Å². The van der Waals surface area contributed by atoms with E-state index >= 15 is 0 Å². The van der Waals surface area contributed by atoms with E-state index in [1.54, 1.807) is 0 Å². The van der Waals surface area contributed by atoms with E-state index in [1.807, 2.05) is 6.92 Å². The van der Waals surface area contributed by atoms with Crippen molar-refractivity contribution in [2.75, 3.05) is 23.7 Å². The Kier molecular flexibility index (Phi) is 3.31. The number of carbonyl (C=O) groups is 1. The van der Waals surface area contributed by atoms with E-state index in [0.717, 1.165) is 0 Å². The van der Waals surface area contributed by atoms with Crippen LogP contribution in [0.5, 0.6) is 0 Å². The van der Waals surface area contributed by atoms with Crippen LogP contribution in [0.1, 0.15) is 13.3 Å². The number of pyridine rings is 1. The van der Waals surface area contributed by atoms with Crippen molar-refractivity contribution in [1.82, 2.24) is 10.3 Å². The fourth-order valence-corrected chi connectivity index (χ4v) is 2.05. The van der Waals surface area contributed by atoms with Crippen LogP contribution in [0.25, 0.3) is 0 Å². The van der Waals surface area contributed by atoms with Crippen LogP contribution in [0, 0.1) is 11.6 Å². The van der Waals surface area contributed by atoms with Crippen molar-refractivity contribution in [1.29, 1.82) is 0 Å². The quantitative estimate of drug-likeness (QED) is 0.815. The number of nitrogens with zero attached hydrogens (tertiary/aromatic N) is 2. The summed E-state index contributed by atoms with van der Waals surface area (Å²) in [6, 6.07) is 0.183. The minimum absolute atomic E-state index is 0.0735. The summed E-state index contributed by atoms with van der Waals surface area (Å²) < 4.78 is 26.8. The highest BCUT2D eigenvalue weighted by Crippen LogP contribution is 2.24. The smallest absolute Gasteiger partial charge is 0.242 e. The SMILES string of the molecule is CCC1C(=O)NCCN1c1nc(N)c(F)cc1F. The summed E-state index contributed by atoms with van der Waals surface area (Å²) in [6.07, 6.45) is 0.504. The lowest BCUT2D eigenvalue weighted by Crippen LogP contribution is -2.55. The molecule has 18 heavy (non-hydrogen) atoms. The highest BCUT2D eigenvalue weighted by Gasteiger charge is 2.31. The average molecular weight is 256 g/mol. The predicted molar refractivity (Wildman–Crippen MR) is 63.0 cm³/mol. The maximum absolute atomic E-state index is 13.7. The summed E-state index contributed by atoms with van der Waals surface area (Å²) in [7, 11) is 0. The van der Waals surface area contributed by atoms with Crippen LogP contribution in [0.2, 0.25) is 0 Å². The Bertz CT molecular complexity index is 480. The normalized spacial score (nSPS) is 19.8. The number of piperazine rings is 1. The predicted octanol–water partition coefficient (Wildman–Crippen LogP) is 0.657. The van der Waals surface area contributed by atoms with Gasteiger partial charge in [-0.05, 0) is 6.42 Å². The van der Waals surface area contributed by atoms with Gasteiger partial charge in [0.1, 0.15) is 6.04 Å². The number of carbonyl (C=O) groups excluding carboxylic acids is 1. The fraction of sp³-hybridized carbons (Fsp3) is 0.455. The van der Waals surface area contributed by atoms with Gasteiger partial charge in [-0.25, -0.2) is 13.8 Å². The van der Waals surface area contributed by atoms with Crippen LogP contribution in [-0.4, -0.2) is 30.0 Å². The number of halogens is 2. The van der Waals surface area contributed by atoms with Gasteiger partial charge in [0.05, 0.1) is 0 Å². The van der Waals surface area contributed by atoms with Gasteiger partial charge >= 0.3 is 0 Å². The van der Waals surface area contributed by atoms with Crippen molar-refractivity contribution in [2.24, 2.45) is 0 Å². The molecule has 1 aliphatic heterocycles. The van der Waals surface area contributed by atoms with Crippen LogP contribution in [-0.2, 0) is 4.79 Å². The van der Waals surface area contributed by atoms with Crippen molar-refractivity contribution in [3.63, 3.8) is 0 Å². The van der Waals surface area contributed by atoms with Gasteiger partial charge in [0.15, 0.2) is 23.3 Å². The third-order valence-electron chi connectivity index (χ3n) is 2.93. The topological polar surface area (TPSA) is 71.2 Å². The summed E-state index contributed by atoms with van der Waals surface area (Å²) in [5.74, 6) is -2.34. The van der Waals surface area contributed by atoms with E-state index in [4.69, 9.17) is 5.73 Å². The molecule has 0 saturated carbocycles. The lowest BCUT2D eigenvalue weighted by Gasteiger charge is -2.35. The molecule has 0 spiro atoms. The van der Waals surface area contributed by atoms with Gasteiger partial charge in [0, 0.05) is 19.2 Å². The molecule has 0 radical (unpaired) electrons. The molecule has 2 rings (SSSR count). The maximum atomic E-state index is 13.7. The van der Waals surface area contributed by atoms with Crippen LogP contribution in [0.3, 0.4) is 0 Å². The van der Waals surface area contributed by atoms with Gasteiger partial charge in [0.2, 0.25) is 5.91 Å². The number of nitrogen functional groups attached to an aromatic ring is 1. The molecule has 1 atom stereocenters. The molecule has 1 aliphatic rings. The van der Waals surface area contributed by atoms with Crippen molar-refractivity contribution in [2.45, 2.75) is 19.4 Å². The second-order valence-corrected chi connectivity index (χ2v) is 4.07. The van der Waals surface area contributed by atoms with Crippen LogP contribution in [0.4, 0.5) is 20.4 Å². The molecule has 98 valence electrons. The Balaban J connectivity index is 2.40. The van der Waals surface area contributed by atoms with Gasteiger partial charge in [0.25, 0.3) is 0 Å². The number of nitrogens with two attached hydrogens (primary N) is 1. The molecule has 1 unspecified atom stereocenters. The number of rotatable bonds is 2. The zero-order valence-corrected chi connectivity index (χ0v) is 9.91. The summed E-state index contributed by atoms with van der Waals surface area (Å²) in [5.41, 5.74) is 5.34. The number of hydrogen-bond acceptors (Lipinski definition) is 4. The lowest BCUT2D eigenvalue weighted by atomic mass is 10.1. The molecular weight excluding hydrogens is 242 g/mol. The third-order valence-corrected chi connectivity index (χ3v) is 2.93. The first-order valence-corrected chi connectivity index (χ1v) is 5.70. The van der Waals surface area contributed by atoms with Gasteiger partial charge in [-0.1, -0.05) is 6.92 Å². The average Bonchev–Trinajstić information content (AvgIpc) is 2.33. The summed E-state index contributed by atoms with van der Waals surface area (Å²) in [6.45, 7) is 2.63. The number of nitrogens with one attached hydrogen (secondary N) is 1. The lowest BCUT2D eigenvalue weighted by molar-refractivity contribution is -0.123. The minimum Gasteiger partial charge on any atom is -0.381 e. The summed E-state index contributed by atoms with van der Waals surface area (Å²) in [5, 5.41) is 2.69. The second kappa shape index (κ2) is 4.75. The van der Waals surface area contributed by atoms with Crippen molar-refractivity contribution >= 4 is 17.5 Å². The monoisotopic (exact) mass is 256 g/mol. The molecule has 2 heterocycles. The molecule has 1 fully saturated rings. The van der Waals surface area contributed by atoms with Crippen molar-refractivity contribution in [3.05, 3.63) is 17.7 Å². The molecular formula is C11H14F2N4O. The molecule has 1 aromatic heterocycles. The first-order valence-electron chi connectivity index (χ1n) is 5.70. The molecule has 0 bridgehead atoms. The second-order valence-electron chi connectivity index (χ2n) is 4.07. The Morgan fingerprint density at radius 2 is 2.28 bits per heavy atom. The zero-order valence-electron chi connectivity index (χ0n) is 9.91. The highest BCUT2D eigenvalue weighted by atomic mass is 19.1. The van der Waals surface area contributed by atoms with E-state index < -0.39 is 17.7 Å². The van der Waals surface area contributed by atoms with Gasteiger partial charge in [-0.3, -0.25) is 4.79 Å². The van der Waals surface area contributed by atoms with Gasteiger partial charge in [-0.15, -0.1) is 0 Å². The Hall–Kier alpha value is -1.92. The number of hydrogen-bond donors (Lipinski definition) is 2. The summed E-state index contributed by atoms with van der Waals surface area (Å²) in [4.78, 5) is 16.9. The molecule has 1 aromatic rings. The van der Waals surface area contributed by atoms with Crippen molar-refractivity contribution < 1.29 is 13.6 Å². The Morgan fingerprint density at radius 3 is 2.94 bits per heavy atom. The number of amides is 1. The van der Waals surface area contributed by atoms with Crippen LogP contribution < -0.4 is 16.0 Å². The van der Waals surface area contributed by atoms with Crippen LogP contribution >= 0.6 is 0 Å². The Morgan fingerprint density at radius 1 is 1.56 bits per heavy atom. The molecule has 1 saturated heterocycles. The third kappa shape index (κ3) is 2.07. The zero-order chi connectivity index (χ0) is 13.3. The van der Waals surface area contributed by atoms with E-state index in [2.05, 4.69) is 10.3 Å². The highest BCUT2D eigenvalue weighted by molar-refractivity contribution is 5.86. The van der Waals surface area contributed by atoms with Gasteiger partial charge < -0.3 is 16.0 Å². The molecule has 0 aromatic carbocycles. The first-order chi connectivity index (χ1) is 8.54. The largest absolute Gasteiger partial charge is 0.381 e. The fourth-order valence-electron chi connectivity index (χ4n) is 2.05. The standard InChI is InChI=1S/C11H14F2N4O/c1-2-8-11(18)15-3-4-17(8)10-7(13)5-6(12)9(14)16-10/h5,8H,2-4H2,1H3,(H2,14,16)(H,15,18). The van der Waals surface area contributed by atoms with Crippen LogP contribution in [0.15, 0.2) is 6.07 Å². The minimum atomic E-state index is -0.897. The van der Waals surface area contributed by atoms with E-state index in [9.17, 15) is 13.6 Å². The maximum Gasteiger partial charge on any atom is 0.242 e. The first kappa shape index (κ1) is 12.5. The molecule has 0 aliphatic carbocycles. The molecule has 3 N–H and O–H groups in total. The van der Waals surface area contributed by atoms with E-state index in [-0.39, 0.29) is 17.5 Å². The number of aromatic nitrogens is 1. The molecule has 7 heteroatoms. The molecule has 1 amide bonds. The van der Waals surface area contributed by atoms with Gasteiger partial charge in [-0.2, -0.15) is 0 Å². The molecule has 5 nitrogen and oxygen atoms in total. The van der Waals surface area contributed by atoms with E-state index in [0.29, 0.717) is 25.6 Å². The Labute approximate surface area is 103 Å². The van der Waals surface area contributed by atoms with E-state index in [1.165, 1.54) is 4.90 Å². The number of anilines is 2.